The van der Waals surface area contributed by atoms with Gasteiger partial charge in [0.2, 0.25) is 11.8 Å². The number of carboxylic acid groups (broad SMARTS) is 1. The number of rotatable bonds is 10. The zero-order valence-corrected chi connectivity index (χ0v) is 23.3. The summed E-state index contributed by atoms with van der Waals surface area (Å²) in [5.74, 6) is -1.22. The lowest BCUT2D eigenvalue weighted by atomic mass is 9.88. The summed E-state index contributed by atoms with van der Waals surface area (Å²) in [6, 6.07) is 7.17. The molecule has 1 aromatic carbocycles. The van der Waals surface area contributed by atoms with Crippen molar-refractivity contribution in [3.8, 4) is 0 Å². The SMILES string of the molecule is COC(=O)NC(CCC=CC(N)=O)C(=O)Nc1cccn(Cc2nc3c(CC(C)(C)C)cccc3n2C(=O)O)c1=O. The second-order valence-electron chi connectivity index (χ2n) is 10.6. The largest absolute Gasteiger partial charge is 0.464 e. The molecule has 218 valence electrons. The molecule has 41 heavy (non-hydrogen) atoms. The molecule has 0 radical (unpaired) electrons. The number of aromatic nitrogens is 3. The Kier molecular flexibility index (Phi) is 9.66. The van der Waals surface area contributed by atoms with Gasteiger partial charge in [-0.1, -0.05) is 39.0 Å². The summed E-state index contributed by atoms with van der Waals surface area (Å²) in [6.07, 6.45) is 2.94. The number of hydrogen-bond donors (Lipinski definition) is 4. The Hall–Kier alpha value is -4.94. The van der Waals surface area contributed by atoms with Gasteiger partial charge in [-0.05, 0) is 54.5 Å². The number of fused-ring (bicyclic) bond motifs is 1. The van der Waals surface area contributed by atoms with E-state index in [-0.39, 0.29) is 36.3 Å². The Morgan fingerprint density at radius 1 is 1.17 bits per heavy atom. The first-order valence-electron chi connectivity index (χ1n) is 12.8. The molecule has 0 saturated heterocycles. The van der Waals surface area contributed by atoms with E-state index in [9.17, 15) is 29.1 Å². The van der Waals surface area contributed by atoms with Crippen molar-refractivity contribution in [2.75, 3.05) is 12.4 Å². The van der Waals surface area contributed by atoms with Crippen LogP contribution in [-0.4, -0.2) is 56.4 Å². The fraction of sp³-hybridized carbons (Fsp3) is 0.357. The maximum Gasteiger partial charge on any atom is 0.417 e. The van der Waals surface area contributed by atoms with Crippen LogP contribution in [0.1, 0.15) is 45.0 Å². The first-order valence-corrected chi connectivity index (χ1v) is 12.8. The lowest BCUT2D eigenvalue weighted by Gasteiger charge is -2.18. The topological polar surface area (TPSA) is 188 Å². The van der Waals surface area contributed by atoms with Crippen LogP contribution in [0.25, 0.3) is 11.0 Å². The number of carbonyl (C=O) groups is 4. The zero-order chi connectivity index (χ0) is 30.3. The Labute approximate surface area is 236 Å². The number of ether oxygens (including phenoxy) is 1. The number of methoxy groups -OCH3 is 1. The Balaban J connectivity index is 1.91. The van der Waals surface area contributed by atoms with Gasteiger partial charge in [-0.3, -0.25) is 14.4 Å². The molecular formula is C28H34N6O7. The van der Waals surface area contributed by atoms with Crippen LogP contribution < -0.4 is 21.9 Å². The molecule has 2 aromatic heterocycles. The van der Waals surface area contributed by atoms with Gasteiger partial charge in [0.1, 0.15) is 17.6 Å². The molecule has 13 nitrogen and oxygen atoms in total. The minimum Gasteiger partial charge on any atom is -0.464 e. The highest BCUT2D eigenvalue weighted by Crippen LogP contribution is 2.27. The number of carbonyl (C=O) groups excluding carboxylic acids is 3. The van der Waals surface area contributed by atoms with Gasteiger partial charge in [0.05, 0.1) is 24.7 Å². The van der Waals surface area contributed by atoms with Crippen molar-refractivity contribution in [2.45, 2.75) is 52.6 Å². The summed E-state index contributed by atoms with van der Waals surface area (Å²) in [5.41, 5.74) is 6.15. The third-order valence-corrected chi connectivity index (χ3v) is 6.04. The Morgan fingerprint density at radius 3 is 2.54 bits per heavy atom. The van der Waals surface area contributed by atoms with E-state index in [1.165, 1.54) is 29.0 Å². The van der Waals surface area contributed by atoms with Crippen LogP contribution in [0.5, 0.6) is 0 Å². The molecule has 0 aliphatic heterocycles. The quantitative estimate of drug-likeness (QED) is 0.270. The van der Waals surface area contributed by atoms with Crippen molar-refractivity contribution in [1.29, 1.82) is 0 Å². The number of para-hydroxylation sites is 1. The molecule has 0 bridgehead atoms. The van der Waals surface area contributed by atoms with Gasteiger partial charge in [-0.2, -0.15) is 0 Å². The van der Waals surface area contributed by atoms with Crippen LogP contribution in [0.15, 0.2) is 53.5 Å². The second kappa shape index (κ2) is 12.9. The van der Waals surface area contributed by atoms with Crippen LogP contribution in [-0.2, 0) is 27.3 Å². The minimum atomic E-state index is -1.24. The Bertz CT molecular complexity index is 1550. The maximum atomic E-state index is 13.3. The molecule has 3 rings (SSSR count). The number of nitrogens with one attached hydrogen (secondary N) is 2. The van der Waals surface area contributed by atoms with Crippen molar-refractivity contribution in [2.24, 2.45) is 11.1 Å². The first-order chi connectivity index (χ1) is 19.3. The molecule has 1 unspecified atom stereocenters. The second-order valence-corrected chi connectivity index (χ2v) is 10.6. The first kappa shape index (κ1) is 30.6. The van der Waals surface area contributed by atoms with Crippen molar-refractivity contribution in [1.82, 2.24) is 19.4 Å². The van der Waals surface area contributed by atoms with Crippen LogP contribution in [0.3, 0.4) is 0 Å². The van der Waals surface area contributed by atoms with Crippen molar-refractivity contribution in [3.05, 3.63) is 70.4 Å². The molecule has 0 saturated carbocycles. The third-order valence-electron chi connectivity index (χ3n) is 6.04. The van der Waals surface area contributed by atoms with E-state index in [0.717, 1.165) is 23.3 Å². The summed E-state index contributed by atoms with van der Waals surface area (Å²) in [7, 11) is 1.14. The van der Waals surface area contributed by atoms with Crippen LogP contribution >= 0.6 is 0 Å². The molecule has 5 N–H and O–H groups in total. The van der Waals surface area contributed by atoms with Crippen molar-refractivity contribution in [3.63, 3.8) is 0 Å². The average Bonchev–Trinajstić information content (AvgIpc) is 3.26. The number of pyridine rings is 1. The lowest BCUT2D eigenvalue weighted by Crippen LogP contribution is -2.44. The number of nitrogens with zero attached hydrogens (tertiary/aromatic N) is 3. The van der Waals surface area contributed by atoms with Crippen molar-refractivity contribution >= 4 is 40.7 Å². The maximum absolute atomic E-state index is 13.3. The number of nitrogens with two attached hydrogens (primary N) is 1. The Morgan fingerprint density at radius 2 is 1.90 bits per heavy atom. The number of benzene rings is 1. The highest BCUT2D eigenvalue weighted by atomic mass is 16.5. The highest BCUT2D eigenvalue weighted by Gasteiger charge is 2.23. The highest BCUT2D eigenvalue weighted by molar-refractivity contribution is 5.96. The zero-order valence-electron chi connectivity index (χ0n) is 23.3. The van der Waals surface area contributed by atoms with E-state index >= 15 is 0 Å². The predicted octanol–water partition coefficient (Wildman–Crippen LogP) is 2.85. The molecule has 2 heterocycles. The smallest absolute Gasteiger partial charge is 0.417 e. The summed E-state index contributed by atoms with van der Waals surface area (Å²) in [6.45, 7) is 6.04. The van der Waals surface area contributed by atoms with Gasteiger partial charge in [0.15, 0.2) is 0 Å². The molecule has 0 aliphatic carbocycles. The van der Waals surface area contributed by atoms with Gasteiger partial charge < -0.3 is 30.8 Å². The molecule has 3 aromatic rings. The molecule has 13 heteroatoms. The monoisotopic (exact) mass is 566 g/mol. The fourth-order valence-corrected chi connectivity index (χ4v) is 4.30. The van der Waals surface area contributed by atoms with E-state index in [1.54, 1.807) is 12.1 Å². The van der Waals surface area contributed by atoms with E-state index in [2.05, 4.69) is 41.1 Å². The van der Waals surface area contributed by atoms with E-state index in [0.29, 0.717) is 17.5 Å². The predicted molar refractivity (Wildman–Crippen MR) is 152 cm³/mol. The van der Waals surface area contributed by atoms with Gasteiger partial charge >= 0.3 is 12.2 Å². The van der Waals surface area contributed by atoms with Crippen LogP contribution in [0.2, 0.25) is 0 Å². The van der Waals surface area contributed by atoms with E-state index in [1.807, 2.05) is 6.07 Å². The fourth-order valence-electron chi connectivity index (χ4n) is 4.30. The van der Waals surface area contributed by atoms with Crippen LogP contribution in [0, 0.1) is 5.41 Å². The van der Waals surface area contributed by atoms with E-state index in [4.69, 9.17) is 5.73 Å². The van der Waals surface area contributed by atoms with Crippen molar-refractivity contribution < 1.29 is 29.0 Å². The number of anilines is 1. The number of imidazole rings is 1. The van der Waals surface area contributed by atoms with E-state index < -0.39 is 35.6 Å². The molecular weight excluding hydrogens is 532 g/mol. The summed E-state index contributed by atoms with van der Waals surface area (Å²) < 4.78 is 6.86. The molecule has 0 aliphatic rings. The van der Waals surface area contributed by atoms with Gasteiger partial charge in [0, 0.05) is 6.20 Å². The third kappa shape index (κ3) is 8.03. The van der Waals surface area contributed by atoms with Gasteiger partial charge in [-0.25, -0.2) is 19.1 Å². The summed E-state index contributed by atoms with van der Waals surface area (Å²) >= 11 is 0. The number of primary amides is 1. The molecule has 0 fully saturated rings. The number of allylic oxidation sites excluding steroid dienone is 1. The number of amides is 3. The summed E-state index contributed by atoms with van der Waals surface area (Å²) in [4.78, 5) is 65.8. The lowest BCUT2D eigenvalue weighted by molar-refractivity contribution is -0.118. The molecule has 0 spiro atoms. The standard InChI is InChI=1S/C28H34N6O7/c1-28(2,3)15-17-9-7-12-20-23(17)32-22(34(20)27(39)40)16-33-14-8-11-19(25(33)37)30-24(36)18(31-26(38)41-4)10-5-6-13-21(29)35/h6-9,11-14,18H,5,10,15-16H2,1-4H3,(H2,29,35)(H,30,36)(H,31,38)(H,39,40). The molecule has 3 amide bonds. The summed E-state index contributed by atoms with van der Waals surface area (Å²) in [5, 5.41) is 14.9. The van der Waals surface area contributed by atoms with Gasteiger partial charge in [-0.15, -0.1) is 0 Å². The normalized spacial score (nSPS) is 12.3. The van der Waals surface area contributed by atoms with Crippen LogP contribution in [0.4, 0.5) is 15.3 Å². The average molecular weight is 567 g/mol. The number of alkyl carbamates (subject to hydrolysis) is 1. The number of hydrogen-bond acceptors (Lipinski definition) is 7. The van der Waals surface area contributed by atoms with Gasteiger partial charge in [0.25, 0.3) is 5.56 Å². The minimum absolute atomic E-state index is 0.0658. The molecule has 1 atom stereocenters.